The molecule has 0 bridgehead atoms. The number of urea groups is 1. The Kier molecular flexibility index (Phi) is 8.53. The van der Waals surface area contributed by atoms with Crippen LogP contribution < -0.4 is 20.1 Å². The Morgan fingerprint density at radius 2 is 1.56 bits per heavy atom. The van der Waals surface area contributed by atoms with Crippen LogP contribution in [0.2, 0.25) is 0 Å². The van der Waals surface area contributed by atoms with E-state index in [4.69, 9.17) is 9.47 Å². The highest BCUT2D eigenvalue weighted by Crippen LogP contribution is 2.19. The summed E-state index contributed by atoms with van der Waals surface area (Å²) in [6, 6.07) is 24.1. The number of benzene rings is 3. The van der Waals surface area contributed by atoms with Gasteiger partial charge in [-0.3, -0.25) is 14.5 Å². The maximum absolute atomic E-state index is 12.7. The summed E-state index contributed by atoms with van der Waals surface area (Å²) in [6.45, 7) is 1.59. The van der Waals surface area contributed by atoms with Crippen molar-refractivity contribution < 1.29 is 23.9 Å². The van der Waals surface area contributed by atoms with Gasteiger partial charge in [0, 0.05) is 12.1 Å². The summed E-state index contributed by atoms with van der Waals surface area (Å²) in [5.41, 5.74) is 2.19. The molecule has 3 aromatic carbocycles. The molecule has 0 radical (unpaired) electrons. The van der Waals surface area contributed by atoms with Crippen LogP contribution in [0.25, 0.3) is 0 Å². The third-order valence-electron chi connectivity index (χ3n) is 5.72. The summed E-state index contributed by atoms with van der Waals surface area (Å²) in [7, 11) is 0. The lowest BCUT2D eigenvalue weighted by Crippen LogP contribution is -2.32. The molecule has 4 amide bonds. The molecule has 0 atom stereocenters. The molecule has 0 aromatic heterocycles. The zero-order chi connectivity index (χ0) is 25.2. The van der Waals surface area contributed by atoms with Crippen LogP contribution in [0.5, 0.6) is 11.5 Å². The first-order chi connectivity index (χ1) is 17.6. The molecule has 8 nitrogen and oxygen atoms in total. The molecule has 0 unspecified atom stereocenters. The molecule has 1 fully saturated rings. The highest BCUT2D eigenvalue weighted by Gasteiger charge is 2.29. The van der Waals surface area contributed by atoms with Gasteiger partial charge in [-0.25, -0.2) is 4.79 Å². The maximum Gasteiger partial charge on any atom is 0.324 e. The Morgan fingerprint density at radius 1 is 0.861 bits per heavy atom. The normalized spacial score (nSPS) is 12.8. The van der Waals surface area contributed by atoms with E-state index in [0.29, 0.717) is 30.9 Å². The van der Waals surface area contributed by atoms with E-state index in [1.807, 2.05) is 54.6 Å². The van der Waals surface area contributed by atoms with Gasteiger partial charge in [-0.2, -0.15) is 0 Å². The van der Waals surface area contributed by atoms with Crippen molar-refractivity contribution in [3.63, 3.8) is 0 Å². The lowest BCUT2D eigenvalue weighted by atomic mass is 10.1. The molecular formula is C28H29N3O5. The van der Waals surface area contributed by atoms with E-state index >= 15 is 0 Å². The monoisotopic (exact) mass is 487 g/mol. The zero-order valence-electron chi connectivity index (χ0n) is 19.9. The van der Waals surface area contributed by atoms with E-state index in [1.54, 1.807) is 24.3 Å². The molecule has 1 aliphatic heterocycles. The quantitative estimate of drug-likeness (QED) is 0.298. The molecule has 0 saturated carbocycles. The van der Waals surface area contributed by atoms with E-state index in [1.165, 1.54) is 0 Å². The first-order valence-electron chi connectivity index (χ1n) is 11.9. The van der Waals surface area contributed by atoms with Gasteiger partial charge in [0.15, 0.2) is 0 Å². The minimum absolute atomic E-state index is 0.0125. The van der Waals surface area contributed by atoms with Crippen molar-refractivity contribution in [2.24, 2.45) is 0 Å². The number of rotatable bonds is 12. The lowest BCUT2D eigenvalue weighted by Gasteiger charge is -2.15. The topological polar surface area (TPSA) is 97.0 Å². The van der Waals surface area contributed by atoms with Crippen molar-refractivity contribution in [1.82, 2.24) is 15.5 Å². The number of hydrogen-bond acceptors (Lipinski definition) is 5. The van der Waals surface area contributed by atoms with Crippen LogP contribution in [-0.2, 0) is 17.9 Å². The number of ether oxygens (including phenoxy) is 2. The van der Waals surface area contributed by atoms with Gasteiger partial charge in [-0.05, 0) is 54.3 Å². The molecule has 36 heavy (non-hydrogen) atoms. The van der Waals surface area contributed by atoms with Gasteiger partial charge in [0.05, 0.1) is 19.7 Å². The van der Waals surface area contributed by atoms with Gasteiger partial charge in [-0.15, -0.1) is 0 Å². The van der Waals surface area contributed by atoms with Crippen molar-refractivity contribution in [3.05, 3.63) is 95.6 Å². The Morgan fingerprint density at radius 3 is 2.28 bits per heavy atom. The summed E-state index contributed by atoms with van der Waals surface area (Å²) in [5, 5.41) is 5.39. The second-order valence-corrected chi connectivity index (χ2v) is 8.35. The second-order valence-electron chi connectivity index (χ2n) is 8.35. The molecule has 2 N–H and O–H groups in total. The summed E-state index contributed by atoms with van der Waals surface area (Å²) in [5.74, 6) is 1.01. The zero-order valence-corrected chi connectivity index (χ0v) is 19.9. The average Bonchev–Trinajstić information content (AvgIpc) is 3.23. The van der Waals surface area contributed by atoms with Crippen LogP contribution in [0.3, 0.4) is 0 Å². The number of carbonyl (C=O) groups excluding carboxylic acids is 3. The fourth-order valence-electron chi connectivity index (χ4n) is 3.75. The largest absolute Gasteiger partial charge is 0.494 e. The molecule has 0 aliphatic carbocycles. The lowest BCUT2D eigenvalue weighted by molar-refractivity contribution is -0.125. The Labute approximate surface area is 210 Å². The third-order valence-corrected chi connectivity index (χ3v) is 5.72. The fourth-order valence-corrected chi connectivity index (χ4v) is 3.75. The van der Waals surface area contributed by atoms with Crippen molar-refractivity contribution in [2.75, 3.05) is 19.7 Å². The minimum Gasteiger partial charge on any atom is -0.494 e. The van der Waals surface area contributed by atoms with Crippen LogP contribution >= 0.6 is 0 Å². The van der Waals surface area contributed by atoms with Crippen molar-refractivity contribution in [3.8, 4) is 11.5 Å². The summed E-state index contributed by atoms with van der Waals surface area (Å²) >= 11 is 0. The number of nitrogens with zero attached hydrogens (tertiary/aromatic N) is 1. The molecule has 8 heteroatoms. The van der Waals surface area contributed by atoms with Gasteiger partial charge in [0.2, 0.25) is 5.91 Å². The Balaban J connectivity index is 1.15. The molecule has 1 heterocycles. The number of nitrogens with one attached hydrogen (secondary N) is 2. The molecule has 0 spiro atoms. The third kappa shape index (κ3) is 6.85. The Hall–Kier alpha value is -4.33. The second kappa shape index (κ2) is 12.4. The fraction of sp³-hybridized carbons (Fsp3) is 0.250. The standard InChI is InChI=1S/C28H29N3O5/c32-26-18-30-28(34)31(26)19-22-10-4-5-11-25(22)27(33)29-16-6-7-17-35-23-12-14-24(15-13-23)36-20-21-8-2-1-3-9-21/h1-5,8-15H,6-7,16-20H2,(H,29,33)(H,30,34). The smallest absolute Gasteiger partial charge is 0.324 e. The predicted octanol–water partition coefficient (Wildman–Crippen LogP) is 3.91. The summed E-state index contributed by atoms with van der Waals surface area (Å²) in [6.07, 6.45) is 1.52. The molecule has 186 valence electrons. The first kappa shape index (κ1) is 24.8. The summed E-state index contributed by atoms with van der Waals surface area (Å²) < 4.78 is 11.6. The van der Waals surface area contributed by atoms with Crippen molar-refractivity contribution >= 4 is 17.8 Å². The van der Waals surface area contributed by atoms with Crippen LogP contribution in [0, 0.1) is 0 Å². The number of carbonyl (C=O) groups is 3. The van der Waals surface area contributed by atoms with Crippen LogP contribution in [0.15, 0.2) is 78.9 Å². The molecule has 1 aliphatic rings. The van der Waals surface area contributed by atoms with Gasteiger partial charge < -0.3 is 20.1 Å². The first-order valence-corrected chi connectivity index (χ1v) is 11.9. The number of unbranched alkanes of at least 4 members (excludes halogenated alkanes) is 1. The van der Waals surface area contributed by atoms with E-state index in [9.17, 15) is 14.4 Å². The minimum atomic E-state index is -0.440. The van der Waals surface area contributed by atoms with Crippen LogP contribution in [0.4, 0.5) is 4.79 Å². The molecule has 4 rings (SSSR count). The highest BCUT2D eigenvalue weighted by atomic mass is 16.5. The average molecular weight is 488 g/mol. The van der Waals surface area contributed by atoms with Crippen molar-refractivity contribution in [2.45, 2.75) is 26.0 Å². The van der Waals surface area contributed by atoms with Crippen LogP contribution in [0.1, 0.15) is 34.3 Å². The van der Waals surface area contributed by atoms with Crippen molar-refractivity contribution in [1.29, 1.82) is 0 Å². The van der Waals surface area contributed by atoms with E-state index in [2.05, 4.69) is 10.6 Å². The number of imide groups is 1. The Bertz CT molecular complexity index is 1170. The number of amides is 4. The SMILES string of the molecule is O=C(NCCCCOc1ccc(OCc2ccccc2)cc1)c1ccccc1CN1C(=O)CNC1=O. The van der Waals surface area contributed by atoms with Gasteiger partial charge in [0.25, 0.3) is 5.91 Å². The molecular weight excluding hydrogens is 458 g/mol. The summed E-state index contributed by atoms with van der Waals surface area (Å²) in [4.78, 5) is 37.5. The van der Waals surface area contributed by atoms with Gasteiger partial charge in [-0.1, -0.05) is 48.5 Å². The predicted molar refractivity (Wildman–Crippen MR) is 135 cm³/mol. The van der Waals surface area contributed by atoms with Gasteiger partial charge >= 0.3 is 6.03 Å². The van der Waals surface area contributed by atoms with E-state index < -0.39 is 6.03 Å². The van der Waals surface area contributed by atoms with E-state index in [0.717, 1.165) is 34.8 Å². The molecule has 1 saturated heterocycles. The highest BCUT2D eigenvalue weighted by molar-refractivity contribution is 6.02. The van der Waals surface area contributed by atoms with Gasteiger partial charge in [0.1, 0.15) is 18.1 Å². The van der Waals surface area contributed by atoms with Crippen LogP contribution in [-0.4, -0.2) is 42.4 Å². The van der Waals surface area contributed by atoms with E-state index in [-0.39, 0.29) is 24.9 Å². The number of hydrogen-bond donors (Lipinski definition) is 2. The molecule has 3 aromatic rings. The maximum atomic E-state index is 12.7.